The molecule has 1 amide bonds. The molecule has 7 heteroatoms. The monoisotopic (exact) mass is 393 g/mol. The van der Waals surface area contributed by atoms with Gasteiger partial charge in [0.2, 0.25) is 0 Å². The average molecular weight is 394 g/mol. The Bertz CT molecular complexity index is 836. The quantitative estimate of drug-likeness (QED) is 0.604. The van der Waals surface area contributed by atoms with Gasteiger partial charge in [-0.25, -0.2) is 0 Å². The average Bonchev–Trinajstić information content (AvgIpc) is 2.55. The van der Waals surface area contributed by atoms with Gasteiger partial charge in [-0.1, -0.05) is 25.4 Å². The van der Waals surface area contributed by atoms with Gasteiger partial charge in [0, 0.05) is 16.5 Å². The molecular weight excluding hydrogens is 370 g/mol. The Labute approximate surface area is 163 Å². The molecule has 0 saturated heterocycles. The van der Waals surface area contributed by atoms with Crippen molar-refractivity contribution in [3.63, 3.8) is 0 Å². The topological polar surface area (TPSA) is 92.7 Å². The molecule has 0 aliphatic heterocycles. The van der Waals surface area contributed by atoms with Gasteiger partial charge in [-0.2, -0.15) is 0 Å². The van der Waals surface area contributed by atoms with E-state index in [4.69, 9.17) is 16.3 Å². The molecule has 0 aromatic heterocycles. The van der Waals surface area contributed by atoms with Crippen molar-refractivity contribution in [2.45, 2.75) is 52.6 Å². The standard InChI is InChI=1S/C20H24ClNO5/c1-6-11-7-12(21)8-13-10(2)17(24)16(18(25)15(11)13)19(26)22-9-14(23)27-20(3,4)5/h7-8,10,25H,6,9H2,1-5H3,(H,22,26). The summed E-state index contributed by atoms with van der Waals surface area (Å²) in [7, 11) is 0. The van der Waals surface area contributed by atoms with Gasteiger partial charge in [0.05, 0.1) is 0 Å². The number of hydrogen-bond donors (Lipinski definition) is 2. The van der Waals surface area contributed by atoms with E-state index in [2.05, 4.69) is 5.32 Å². The van der Waals surface area contributed by atoms with E-state index < -0.39 is 35.7 Å². The molecule has 2 N–H and O–H groups in total. The van der Waals surface area contributed by atoms with Crippen LogP contribution in [0.25, 0.3) is 5.76 Å². The highest BCUT2D eigenvalue weighted by Crippen LogP contribution is 2.39. The molecule has 1 unspecified atom stereocenters. The Morgan fingerprint density at radius 3 is 2.48 bits per heavy atom. The normalized spacial score (nSPS) is 16.8. The molecule has 27 heavy (non-hydrogen) atoms. The molecule has 146 valence electrons. The van der Waals surface area contributed by atoms with Gasteiger partial charge in [-0.3, -0.25) is 14.4 Å². The van der Waals surface area contributed by atoms with Gasteiger partial charge in [0.15, 0.2) is 5.78 Å². The Hall–Kier alpha value is -2.34. The van der Waals surface area contributed by atoms with E-state index in [1.54, 1.807) is 39.8 Å². The second-order valence-electron chi connectivity index (χ2n) is 7.46. The third-order valence-electron chi connectivity index (χ3n) is 4.22. The summed E-state index contributed by atoms with van der Waals surface area (Å²) >= 11 is 6.12. The van der Waals surface area contributed by atoms with E-state index in [-0.39, 0.29) is 11.3 Å². The minimum absolute atomic E-state index is 0.351. The van der Waals surface area contributed by atoms with Crippen molar-refractivity contribution in [1.82, 2.24) is 5.32 Å². The second kappa shape index (κ2) is 7.72. The highest BCUT2D eigenvalue weighted by atomic mass is 35.5. The molecule has 1 aromatic carbocycles. The zero-order valence-corrected chi connectivity index (χ0v) is 16.9. The molecule has 0 heterocycles. The predicted molar refractivity (Wildman–Crippen MR) is 103 cm³/mol. The number of aliphatic hydroxyl groups is 1. The van der Waals surface area contributed by atoms with Gasteiger partial charge in [0.25, 0.3) is 5.91 Å². The number of esters is 1. The molecule has 0 saturated carbocycles. The van der Waals surface area contributed by atoms with Crippen molar-refractivity contribution in [2.75, 3.05) is 6.54 Å². The molecule has 1 aliphatic carbocycles. The van der Waals surface area contributed by atoms with Crippen LogP contribution < -0.4 is 5.32 Å². The maximum absolute atomic E-state index is 12.7. The predicted octanol–water partition coefficient (Wildman–Crippen LogP) is 3.32. The number of carbonyl (C=O) groups excluding carboxylic acids is 3. The van der Waals surface area contributed by atoms with E-state index in [1.807, 2.05) is 6.92 Å². The maximum atomic E-state index is 12.7. The molecule has 0 spiro atoms. The molecule has 1 aromatic rings. The van der Waals surface area contributed by atoms with Gasteiger partial charge >= 0.3 is 5.97 Å². The van der Waals surface area contributed by atoms with Gasteiger partial charge in [-0.15, -0.1) is 0 Å². The van der Waals surface area contributed by atoms with Crippen LogP contribution >= 0.6 is 11.6 Å². The number of halogens is 1. The van der Waals surface area contributed by atoms with Crippen molar-refractivity contribution >= 4 is 35.0 Å². The molecule has 0 radical (unpaired) electrons. The number of rotatable bonds is 4. The molecule has 2 rings (SSSR count). The lowest BCUT2D eigenvalue weighted by Crippen LogP contribution is -2.38. The number of benzene rings is 1. The Morgan fingerprint density at radius 2 is 1.93 bits per heavy atom. The number of Topliss-reactive ketones (excluding diaryl/α,β-unsaturated/α-hetero) is 1. The maximum Gasteiger partial charge on any atom is 0.325 e. The zero-order chi connectivity index (χ0) is 20.5. The zero-order valence-electron chi connectivity index (χ0n) is 16.1. The van der Waals surface area contributed by atoms with Crippen LogP contribution in [0.2, 0.25) is 5.02 Å². The fraction of sp³-hybridized carbons (Fsp3) is 0.450. The number of carbonyl (C=O) groups is 3. The Morgan fingerprint density at radius 1 is 1.30 bits per heavy atom. The van der Waals surface area contributed by atoms with Crippen LogP contribution in [0.4, 0.5) is 0 Å². The first-order valence-corrected chi connectivity index (χ1v) is 9.14. The van der Waals surface area contributed by atoms with Crippen molar-refractivity contribution < 1.29 is 24.2 Å². The first-order chi connectivity index (χ1) is 12.5. The number of ether oxygens (including phenoxy) is 1. The molecule has 1 aliphatic rings. The highest BCUT2D eigenvalue weighted by molar-refractivity contribution is 6.31. The second-order valence-corrected chi connectivity index (χ2v) is 7.90. The van der Waals surface area contributed by atoms with E-state index in [0.29, 0.717) is 22.6 Å². The summed E-state index contributed by atoms with van der Waals surface area (Å²) in [4.78, 5) is 37.0. The minimum Gasteiger partial charge on any atom is -0.506 e. The number of nitrogens with one attached hydrogen (secondary N) is 1. The molecule has 6 nitrogen and oxygen atoms in total. The fourth-order valence-electron chi connectivity index (χ4n) is 3.03. The molecule has 1 atom stereocenters. The number of amides is 1. The summed E-state index contributed by atoms with van der Waals surface area (Å²) in [5, 5.41) is 13.5. The van der Waals surface area contributed by atoms with Crippen LogP contribution in [0, 0.1) is 0 Å². The minimum atomic E-state index is -0.808. The van der Waals surface area contributed by atoms with E-state index in [0.717, 1.165) is 5.56 Å². The summed E-state index contributed by atoms with van der Waals surface area (Å²) in [5.74, 6) is -2.98. The number of hydrogen-bond acceptors (Lipinski definition) is 5. The molecule has 0 bridgehead atoms. The first-order valence-electron chi connectivity index (χ1n) is 8.76. The van der Waals surface area contributed by atoms with E-state index >= 15 is 0 Å². The fourth-order valence-corrected chi connectivity index (χ4v) is 3.28. The number of aryl methyl sites for hydroxylation is 1. The van der Waals surface area contributed by atoms with Crippen molar-refractivity contribution in [2.24, 2.45) is 0 Å². The Kier molecular flexibility index (Phi) is 6.00. The number of fused-ring (bicyclic) bond motifs is 1. The van der Waals surface area contributed by atoms with Crippen molar-refractivity contribution in [3.8, 4) is 0 Å². The summed E-state index contributed by atoms with van der Waals surface area (Å²) in [6.45, 7) is 8.28. The highest BCUT2D eigenvalue weighted by Gasteiger charge is 2.37. The van der Waals surface area contributed by atoms with Crippen LogP contribution in [0.15, 0.2) is 17.7 Å². The van der Waals surface area contributed by atoms with Gasteiger partial charge in [0.1, 0.15) is 23.5 Å². The van der Waals surface area contributed by atoms with Crippen molar-refractivity contribution in [3.05, 3.63) is 39.4 Å². The lowest BCUT2D eigenvalue weighted by molar-refractivity contribution is -0.154. The molecule has 0 fully saturated rings. The SMILES string of the molecule is CCc1cc(Cl)cc2c1C(O)=C(C(=O)NCC(=O)OC(C)(C)C)C(=O)C2C. The third-order valence-corrected chi connectivity index (χ3v) is 4.43. The first kappa shape index (κ1) is 21.0. The number of aliphatic hydroxyl groups excluding tert-OH is 1. The van der Waals surface area contributed by atoms with Crippen LogP contribution in [-0.2, 0) is 25.5 Å². The molecular formula is C20H24ClNO5. The van der Waals surface area contributed by atoms with Crippen LogP contribution in [0.5, 0.6) is 0 Å². The largest absolute Gasteiger partial charge is 0.506 e. The Balaban J connectivity index is 2.36. The van der Waals surface area contributed by atoms with E-state index in [9.17, 15) is 19.5 Å². The smallest absolute Gasteiger partial charge is 0.325 e. The summed E-state index contributed by atoms with van der Waals surface area (Å²) in [6.07, 6.45) is 0.570. The van der Waals surface area contributed by atoms with Crippen LogP contribution in [-0.4, -0.2) is 34.9 Å². The van der Waals surface area contributed by atoms with Crippen molar-refractivity contribution in [1.29, 1.82) is 0 Å². The van der Waals surface area contributed by atoms with Crippen LogP contribution in [0.3, 0.4) is 0 Å². The van der Waals surface area contributed by atoms with E-state index in [1.165, 1.54) is 0 Å². The number of ketones is 1. The summed E-state index contributed by atoms with van der Waals surface area (Å²) in [5.41, 5.74) is 0.747. The third kappa shape index (κ3) is 4.50. The summed E-state index contributed by atoms with van der Waals surface area (Å²) < 4.78 is 5.12. The van der Waals surface area contributed by atoms with Crippen LogP contribution in [0.1, 0.15) is 57.2 Å². The van der Waals surface area contributed by atoms with Gasteiger partial charge in [-0.05, 0) is 50.5 Å². The summed E-state index contributed by atoms with van der Waals surface area (Å²) in [6, 6.07) is 3.33. The van der Waals surface area contributed by atoms with Gasteiger partial charge < -0.3 is 15.2 Å². The lowest BCUT2D eigenvalue weighted by Gasteiger charge is -2.26. The lowest BCUT2D eigenvalue weighted by atomic mass is 9.79.